The third-order valence-electron chi connectivity index (χ3n) is 4.53. The number of aryl methyl sites for hydroxylation is 1. The van der Waals surface area contributed by atoms with Gasteiger partial charge in [0.25, 0.3) is 0 Å². The molecule has 1 amide bonds. The summed E-state index contributed by atoms with van der Waals surface area (Å²) in [7, 11) is 3.80. The molecule has 3 rings (SSSR count). The number of nitrogens with one attached hydrogen (secondary N) is 1. The van der Waals surface area contributed by atoms with E-state index in [0.717, 1.165) is 11.1 Å². The van der Waals surface area contributed by atoms with Gasteiger partial charge in [0.15, 0.2) is 11.7 Å². The van der Waals surface area contributed by atoms with Crippen LogP contribution in [0.1, 0.15) is 23.9 Å². The molecule has 3 aromatic rings. The number of hydrogen-bond acceptors (Lipinski definition) is 4. The molecular formula is C22H24FN3O2. The molecule has 1 heterocycles. The lowest BCUT2D eigenvalue weighted by atomic mass is 10.1. The summed E-state index contributed by atoms with van der Waals surface area (Å²) in [6.07, 6.45) is 2.37. The van der Waals surface area contributed by atoms with Crippen molar-refractivity contribution in [2.45, 2.75) is 18.9 Å². The van der Waals surface area contributed by atoms with E-state index >= 15 is 0 Å². The van der Waals surface area contributed by atoms with Crippen LogP contribution in [0.3, 0.4) is 0 Å². The zero-order chi connectivity index (χ0) is 19.9. The molecule has 1 unspecified atom stereocenters. The molecule has 0 aliphatic heterocycles. The molecule has 0 aliphatic rings. The van der Waals surface area contributed by atoms with Crippen molar-refractivity contribution in [2.24, 2.45) is 0 Å². The smallest absolute Gasteiger partial charge is 0.220 e. The van der Waals surface area contributed by atoms with E-state index in [2.05, 4.69) is 10.3 Å². The van der Waals surface area contributed by atoms with Gasteiger partial charge in [-0.05, 0) is 31.8 Å². The summed E-state index contributed by atoms with van der Waals surface area (Å²) < 4.78 is 19.2. The quantitative estimate of drug-likeness (QED) is 0.644. The van der Waals surface area contributed by atoms with Gasteiger partial charge in [-0.2, -0.15) is 0 Å². The molecule has 2 aromatic carbocycles. The van der Waals surface area contributed by atoms with E-state index in [9.17, 15) is 9.18 Å². The van der Waals surface area contributed by atoms with E-state index in [-0.39, 0.29) is 24.2 Å². The van der Waals surface area contributed by atoms with Crippen molar-refractivity contribution in [1.82, 2.24) is 15.2 Å². The number of halogens is 1. The van der Waals surface area contributed by atoms with Gasteiger partial charge in [-0.25, -0.2) is 9.37 Å². The predicted octanol–water partition coefficient (Wildman–Crippen LogP) is 3.83. The third-order valence-corrected chi connectivity index (χ3v) is 4.53. The van der Waals surface area contributed by atoms with Gasteiger partial charge < -0.3 is 14.6 Å². The Hall–Kier alpha value is -2.99. The lowest BCUT2D eigenvalue weighted by Gasteiger charge is -2.25. The normalized spacial score (nSPS) is 12.1. The Morgan fingerprint density at radius 2 is 1.96 bits per heavy atom. The van der Waals surface area contributed by atoms with Crippen LogP contribution in [0.5, 0.6) is 0 Å². The molecule has 0 radical (unpaired) electrons. The van der Waals surface area contributed by atoms with Gasteiger partial charge in [-0.15, -0.1) is 0 Å². The highest BCUT2D eigenvalue weighted by Gasteiger charge is 2.16. The van der Waals surface area contributed by atoms with Crippen LogP contribution in [0.15, 0.2) is 65.2 Å². The van der Waals surface area contributed by atoms with Crippen LogP contribution in [-0.2, 0) is 11.2 Å². The maximum atomic E-state index is 13.5. The Kier molecular flexibility index (Phi) is 6.55. The number of nitrogens with zero attached hydrogens (tertiary/aromatic N) is 2. The summed E-state index contributed by atoms with van der Waals surface area (Å²) in [5.74, 6) is 0.842. The fourth-order valence-corrected chi connectivity index (χ4v) is 2.99. The summed E-state index contributed by atoms with van der Waals surface area (Å²) in [5, 5.41) is 2.92. The Labute approximate surface area is 164 Å². The van der Waals surface area contributed by atoms with Crippen LogP contribution in [-0.4, -0.2) is 36.4 Å². The van der Waals surface area contributed by atoms with Crippen molar-refractivity contribution in [1.29, 1.82) is 0 Å². The minimum Gasteiger partial charge on any atom is -0.441 e. The van der Waals surface area contributed by atoms with Gasteiger partial charge in [0, 0.05) is 24.9 Å². The number of carbonyl (C=O) groups excluding carboxylic acids is 1. The second-order valence-corrected chi connectivity index (χ2v) is 6.82. The van der Waals surface area contributed by atoms with Crippen molar-refractivity contribution in [3.63, 3.8) is 0 Å². The third kappa shape index (κ3) is 5.27. The molecule has 0 bridgehead atoms. The molecule has 0 saturated heterocycles. The lowest BCUT2D eigenvalue weighted by Crippen LogP contribution is -2.34. The van der Waals surface area contributed by atoms with Crippen molar-refractivity contribution in [3.05, 3.63) is 78.1 Å². The average molecular weight is 381 g/mol. The Morgan fingerprint density at radius 3 is 2.68 bits per heavy atom. The van der Waals surface area contributed by atoms with Crippen molar-refractivity contribution >= 4 is 5.91 Å². The molecule has 0 aliphatic carbocycles. The summed E-state index contributed by atoms with van der Waals surface area (Å²) >= 11 is 0. The molecule has 5 nitrogen and oxygen atoms in total. The number of likely N-dealkylation sites (N-methyl/N-ethyl adjacent to an activating group) is 1. The maximum absolute atomic E-state index is 13.5. The molecule has 1 N–H and O–H groups in total. The van der Waals surface area contributed by atoms with Gasteiger partial charge in [0.2, 0.25) is 5.91 Å². The van der Waals surface area contributed by atoms with Crippen molar-refractivity contribution in [2.75, 3.05) is 20.6 Å². The van der Waals surface area contributed by atoms with Crippen LogP contribution in [0.2, 0.25) is 0 Å². The highest BCUT2D eigenvalue weighted by Crippen LogP contribution is 2.21. The highest BCUT2D eigenvalue weighted by molar-refractivity contribution is 5.76. The van der Waals surface area contributed by atoms with E-state index in [4.69, 9.17) is 4.42 Å². The molecule has 6 heteroatoms. The Bertz CT molecular complexity index is 909. The highest BCUT2D eigenvalue weighted by atomic mass is 19.1. The van der Waals surface area contributed by atoms with Gasteiger partial charge in [0.1, 0.15) is 5.82 Å². The zero-order valence-electron chi connectivity index (χ0n) is 16.1. The van der Waals surface area contributed by atoms with Crippen molar-refractivity contribution < 1.29 is 13.6 Å². The fraction of sp³-hybridized carbons (Fsp3) is 0.273. The minimum absolute atomic E-state index is 0.0947. The second-order valence-electron chi connectivity index (χ2n) is 6.82. The van der Waals surface area contributed by atoms with Gasteiger partial charge in [-0.1, -0.05) is 42.5 Å². The number of carbonyl (C=O) groups is 1. The first kappa shape index (κ1) is 19.8. The molecule has 1 aromatic heterocycles. The topological polar surface area (TPSA) is 58.4 Å². The summed E-state index contributed by atoms with van der Waals surface area (Å²) in [5.41, 5.74) is 1.78. The number of benzene rings is 2. The zero-order valence-corrected chi connectivity index (χ0v) is 16.1. The largest absolute Gasteiger partial charge is 0.441 e. The van der Waals surface area contributed by atoms with Crippen LogP contribution < -0.4 is 5.32 Å². The number of oxazole rings is 1. The average Bonchev–Trinajstić information content (AvgIpc) is 3.16. The van der Waals surface area contributed by atoms with Gasteiger partial charge in [-0.3, -0.25) is 4.79 Å². The maximum Gasteiger partial charge on any atom is 0.220 e. The summed E-state index contributed by atoms with van der Waals surface area (Å²) in [6, 6.07) is 16.0. The Balaban J connectivity index is 1.52. The molecule has 0 fully saturated rings. The molecule has 28 heavy (non-hydrogen) atoms. The first-order valence-corrected chi connectivity index (χ1v) is 9.21. The van der Waals surface area contributed by atoms with Gasteiger partial charge in [0.05, 0.1) is 12.2 Å². The molecule has 0 saturated carbocycles. The van der Waals surface area contributed by atoms with Crippen LogP contribution >= 0.6 is 0 Å². The number of rotatable bonds is 8. The minimum atomic E-state index is -0.284. The molecule has 0 spiro atoms. The number of hydrogen-bond donors (Lipinski definition) is 1. The first-order valence-electron chi connectivity index (χ1n) is 9.21. The predicted molar refractivity (Wildman–Crippen MR) is 106 cm³/mol. The monoisotopic (exact) mass is 381 g/mol. The summed E-state index contributed by atoms with van der Waals surface area (Å²) in [4.78, 5) is 18.4. The number of amides is 1. The number of aromatic nitrogens is 1. The van der Waals surface area contributed by atoms with Crippen LogP contribution in [0.4, 0.5) is 4.39 Å². The summed E-state index contributed by atoms with van der Waals surface area (Å²) in [6.45, 7) is 0.399. The lowest BCUT2D eigenvalue weighted by molar-refractivity contribution is -0.121. The van der Waals surface area contributed by atoms with E-state index < -0.39 is 0 Å². The fourth-order valence-electron chi connectivity index (χ4n) is 2.99. The van der Waals surface area contributed by atoms with Crippen molar-refractivity contribution in [3.8, 4) is 11.3 Å². The Morgan fingerprint density at radius 1 is 1.18 bits per heavy atom. The van der Waals surface area contributed by atoms with E-state index in [1.54, 1.807) is 12.3 Å². The van der Waals surface area contributed by atoms with Crippen LogP contribution in [0, 0.1) is 5.82 Å². The molecule has 1 atom stereocenters. The standard InChI is InChI=1S/C22H24FN3O2/c1-26(2)19(17-9-6-10-18(23)13-17)14-24-21(27)11-12-22-25-15-20(28-22)16-7-4-3-5-8-16/h3-10,13,15,19H,11-12,14H2,1-2H3,(H,24,27). The molecule has 146 valence electrons. The first-order chi connectivity index (χ1) is 13.5. The van der Waals surface area contributed by atoms with Gasteiger partial charge >= 0.3 is 0 Å². The van der Waals surface area contributed by atoms with E-state index in [0.29, 0.717) is 24.6 Å². The van der Waals surface area contributed by atoms with Crippen LogP contribution in [0.25, 0.3) is 11.3 Å². The SMILES string of the molecule is CN(C)C(CNC(=O)CCc1ncc(-c2ccccc2)o1)c1cccc(F)c1. The molecular weight excluding hydrogens is 357 g/mol. The second kappa shape index (κ2) is 9.28. The van der Waals surface area contributed by atoms with E-state index in [1.165, 1.54) is 12.1 Å². The van der Waals surface area contributed by atoms with E-state index in [1.807, 2.05) is 55.4 Å².